The molecule has 0 aromatic carbocycles. The standard InChI is InChI=1S/C13H15F2N5/c14-13(15)5-3-8(4-6-13)19-11-9-1-2-10(16)20-12(9)18-7-17-11/h1-2,7-8H,3-6H2,(H3,16,17,18,19,20). The molecule has 0 aliphatic heterocycles. The quantitative estimate of drug-likeness (QED) is 0.883. The molecule has 5 nitrogen and oxygen atoms in total. The average Bonchev–Trinajstić information content (AvgIpc) is 2.41. The summed E-state index contributed by atoms with van der Waals surface area (Å²) < 4.78 is 26.3. The van der Waals surface area contributed by atoms with Crippen molar-refractivity contribution in [2.45, 2.75) is 37.6 Å². The Bertz CT molecular complexity index is 621. The number of nitrogens with one attached hydrogen (secondary N) is 1. The van der Waals surface area contributed by atoms with Crippen LogP contribution in [0.15, 0.2) is 18.5 Å². The summed E-state index contributed by atoms with van der Waals surface area (Å²) in [5, 5.41) is 3.96. The number of pyridine rings is 1. The van der Waals surface area contributed by atoms with Crippen LogP contribution in [0, 0.1) is 0 Å². The van der Waals surface area contributed by atoms with Crippen LogP contribution in [0.3, 0.4) is 0 Å². The predicted molar refractivity (Wildman–Crippen MR) is 72.6 cm³/mol. The van der Waals surface area contributed by atoms with Crippen LogP contribution in [0.5, 0.6) is 0 Å². The van der Waals surface area contributed by atoms with Crippen molar-refractivity contribution in [3.05, 3.63) is 18.5 Å². The number of nitrogen functional groups attached to an aromatic ring is 1. The van der Waals surface area contributed by atoms with Gasteiger partial charge in [-0.1, -0.05) is 0 Å². The summed E-state index contributed by atoms with van der Waals surface area (Å²) in [7, 11) is 0. The number of hydrogen-bond donors (Lipinski definition) is 2. The molecule has 7 heteroatoms. The predicted octanol–water partition coefficient (Wildman–Crippen LogP) is 2.60. The Morgan fingerprint density at radius 1 is 1.20 bits per heavy atom. The van der Waals surface area contributed by atoms with Crippen molar-refractivity contribution in [1.82, 2.24) is 15.0 Å². The van der Waals surface area contributed by atoms with Gasteiger partial charge in [-0.25, -0.2) is 23.7 Å². The minimum absolute atomic E-state index is 0.00489. The highest BCUT2D eigenvalue weighted by atomic mass is 19.3. The summed E-state index contributed by atoms with van der Waals surface area (Å²) in [6.07, 6.45) is 2.09. The molecule has 2 heterocycles. The normalized spacial score (nSPS) is 19.1. The highest BCUT2D eigenvalue weighted by molar-refractivity contribution is 5.87. The lowest BCUT2D eigenvalue weighted by atomic mass is 9.92. The molecule has 3 rings (SSSR count). The fourth-order valence-electron chi connectivity index (χ4n) is 2.45. The molecule has 20 heavy (non-hydrogen) atoms. The summed E-state index contributed by atoms with van der Waals surface area (Å²) in [5.41, 5.74) is 6.12. The van der Waals surface area contributed by atoms with Gasteiger partial charge in [-0.3, -0.25) is 0 Å². The number of halogens is 2. The van der Waals surface area contributed by atoms with E-state index in [0.29, 0.717) is 30.1 Å². The third kappa shape index (κ3) is 2.61. The zero-order valence-corrected chi connectivity index (χ0v) is 10.8. The first-order valence-corrected chi connectivity index (χ1v) is 6.55. The maximum atomic E-state index is 13.1. The number of alkyl halides is 2. The number of rotatable bonds is 2. The highest BCUT2D eigenvalue weighted by Gasteiger charge is 2.35. The molecule has 0 amide bonds. The zero-order chi connectivity index (χ0) is 14.2. The van der Waals surface area contributed by atoms with E-state index in [1.54, 1.807) is 12.1 Å². The van der Waals surface area contributed by atoms with E-state index < -0.39 is 5.92 Å². The van der Waals surface area contributed by atoms with Crippen LogP contribution in [-0.2, 0) is 0 Å². The van der Waals surface area contributed by atoms with Crippen molar-refractivity contribution >= 4 is 22.7 Å². The van der Waals surface area contributed by atoms with Crippen LogP contribution in [0.25, 0.3) is 11.0 Å². The summed E-state index contributed by atoms with van der Waals surface area (Å²) in [4.78, 5) is 12.4. The van der Waals surface area contributed by atoms with Gasteiger partial charge in [-0.2, -0.15) is 0 Å². The molecule has 0 saturated heterocycles. The molecule has 1 saturated carbocycles. The van der Waals surface area contributed by atoms with E-state index in [4.69, 9.17) is 5.73 Å². The molecule has 0 atom stereocenters. The van der Waals surface area contributed by atoms with Gasteiger partial charge in [0.1, 0.15) is 18.0 Å². The Hall–Kier alpha value is -2.05. The first kappa shape index (κ1) is 13.0. The first-order chi connectivity index (χ1) is 9.53. The number of nitrogens with two attached hydrogens (primary N) is 1. The van der Waals surface area contributed by atoms with E-state index in [1.807, 2.05) is 0 Å². The molecule has 3 N–H and O–H groups in total. The number of fused-ring (bicyclic) bond motifs is 1. The summed E-state index contributed by atoms with van der Waals surface area (Å²) in [6.45, 7) is 0. The van der Waals surface area contributed by atoms with Crippen LogP contribution >= 0.6 is 0 Å². The van der Waals surface area contributed by atoms with Gasteiger partial charge in [0, 0.05) is 18.9 Å². The van der Waals surface area contributed by atoms with E-state index in [1.165, 1.54) is 6.33 Å². The van der Waals surface area contributed by atoms with Crippen molar-refractivity contribution in [3.63, 3.8) is 0 Å². The fourth-order valence-corrected chi connectivity index (χ4v) is 2.45. The monoisotopic (exact) mass is 279 g/mol. The van der Waals surface area contributed by atoms with Gasteiger partial charge < -0.3 is 11.1 Å². The number of nitrogens with zero attached hydrogens (tertiary/aromatic N) is 3. The van der Waals surface area contributed by atoms with Gasteiger partial charge in [0.25, 0.3) is 0 Å². The van der Waals surface area contributed by atoms with Gasteiger partial charge in [-0.05, 0) is 25.0 Å². The van der Waals surface area contributed by atoms with Crippen molar-refractivity contribution in [3.8, 4) is 0 Å². The van der Waals surface area contributed by atoms with E-state index in [2.05, 4.69) is 20.3 Å². The van der Waals surface area contributed by atoms with E-state index in [9.17, 15) is 8.78 Å². The SMILES string of the molecule is Nc1ccc2c(NC3CCC(F)(F)CC3)ncnc2n1. The second-order valence-corrected chi connectivity index (χ2v) is 5.10. The zero-order valence-electron chi connectivity index (χ0n) is 10.8. The second kappa shape index (κ2) is 4.81. The van der Waals surface area contributed by atoms with Gasteiger partial charge in [0.05, 0.1) is 5.39 Å². The minimum Gasteiger partial charge on any atom is -0.384 e. The number of aromatic nitrogens is 3. The van der Waals surface area contributed by atoms with Gasteiger partial charge in [-0.15, -0.1) is 0 Å². The Morgan fingerprint density at radius 2 is 1.95 bits per heavy atom. The van der Waals surface area contributed by atoms with Gasteiger partial charge >= 0.3 is 0 Å². The van der Waals surface area contributed by atoms with Gasteiger partial charge in [0.2, 0.25) is 5.92 Å². The average molecular weight is 279 g/mol. The molecule has 0 spiro atoms. The van der Waals surface area contributed by atoms with E-state index in [0.717, 1.165) is 5.39 Å². The lowest BCUT2D eigenvalue weighted by Gasteiger charge is -2.29. The molecule has 0 radical (unpaired) electrons. The maximum absolute atomic E-state index is 13.1. The molecule has 0 unspecified atom stereocenters. The third-order valence-electron chi connectivity index (χ3n) is 3.58. The van der Waals surface area contributed by atoms with E-state index in [-0.39, 0.29) is 18.9 Å². The molecule has 2 aromatic heterocycles. The van der Waals surface area contributed by atoms with Gasteiger partial charge in [0.15, 0.2) is 5.65 Å². The molecule has 0 bridgehead atoms. The van der Waals surface area contributed by atoms with Crippen LogP contribution in [-0.4, -0.2) is 26.9 Å². The van der Waals surface area contributed by atoms with Crippen LogP contribution < -0.4 is 11.1 Å². The summed E-state index contributed by atoms with van der Waals surface area (Å²) >= 11 is 0. The molecular weight excluding hydrogens is 264 g/mol. The smallest absolute Gasteiger partial charge is 0.248 e. The highest BCUT2D eigenvalue weighted by Crippen LogP contribution is 2.34. The number of hydrogen-bond acceptors (Lipinski definition) is 5. The summed E-state index contributed by atoms with van der Waals surface area (Å²) in [6, 6.07) is 3.47. The molecular formula is C13H15F2N5. The van der Waals surface area contributed by atoms with Crippen LogP contribution in [0.1, 0.15) is 25.7 Å². The first-order valence-electron chi connectivity index (χ1n) is 6.55. The van der Waals surface area contributed by atoms with Crippen molar-refractivity contribution in [2.24, 2.45) is 0 Å². The van der Waals surface area contributed by atoms with Crippen molar-refractivity contribution < 1.29 is 8.78 Å². The molecule has 2 aromatic rings. The molecule has 1 aliphatic rings. The topological polar surface area (TPSA) is 76.7 Å². The fraction of sp³-hybridized carbons (Fsp3) is 0.462. The Labute approximate surface area is 114 Å². The third-order valence-corrected chi connectivity index (χ3v) is 3.58. The lowest BCUT2D eigenvalue weighted by Crippen LogP contribution is -2.32. The van der Waals surface area contributed by atoms with Crippen molar-refractivity contribution in [1.29, 1.82) is 0 Å². The largest absolute Gasteiger partial charge is 0.384 e. The summed E-state index contributed by atoms with van der Waals surface area (Å²) in [5.74, 6) is -1.51. The van der Waals surface area contributed by atoms with E-state index >= 15 is 0 Å². The second-order valence-electron chi connectivity index (χ2n) is 5.10. The Balaban J connectivity index is 1.81. The molecule has 106 valence electrons. The lowest BCUT2D eigenvalue weighted by molar-refractivity contribution is -0.0361. The molecule has 1 aliphatic carbocycles. The van der Waals surface area contributed by atoms with Crippen LogP contribution in [0.2, 0.25) is 0 Å². The Kier molecular flexibility index (Phi) is 3.11. The van der Waals surface area contributed by atoms with Crippen LogP contribution in [0.4, 0.5) is 20.4 Å². The maximum Gasteiger partial charge on any atom is 0.248 e. The molecule has 1 fully saturated rings. The Morgan fingerprint density at radius 3 is 2.70 bits per heavy atom. The minimum atomic E-state index is -2.53. The number of anilines is 2. The van der Waals surface area contributed by atoms with Crippen molar-refractivity contribution in [2.75, 3.05) is 11.1 Å².